The van der Waals surface area contributed by atoms with E-state index in [0.29, 0.717) is 0 Å². The number of hydrogen-bond donors (Lipinski definition) is 0. The molecule has 4 unspecified atom stereocenters. The average Bonchev–Trinajstić information content (AvgIpc) is 2.60. The summed E-state index contributed by atoms with van der Waals surface area (Å²) in [5.74, 6) is 0. The fourth-order valence-electron chi connectivity index (χ4n) is 4.91. The van der Waals surface area contributed by atoms with Crippen molar-refractivity contribution in [2.24, 2.45) is 0 Å². The molecule has 40 heavy (non-hydrogen) atoms. The highest BCUT2D eigenvalue weighted by atomic mass is 28.5. The lowest BCUT2D eigenvalue weighted by Crippen LogP contribution is -2.77. The maximum atomic E-state index is 7.29. The standard InChI is InChI=1S/C28H64O8Si4/c1-21(29-25(5,6)7)37(17)33-38(18,22(2)30-26(8,9)10)35-40(20,24(4)32-28(14,15)16)36-39(19,34-37)23(3)31-27(11,12)13/h21-24H,1-20H3. The zero-order valence-corrected chi connectivity index (χ0v) is 33.6. The van der Waals surface area contributed by atoms with Crippen LogP contribution in [0.5, 0.6) is 0 Å². The predicted molar refractivity (Wildman–Crippen MR) is 172 cm³/mol. The first-order chi connectivity index (χ1) is 17.3. The summed E-state index contributed by atoms with van der Waals surface area (Å²) in [5.41, 5.74) is -2.79. The molecular weight excluding hydrogens is 577 g/mol. The SMILES string of the molecule is CC(OC(C)(C)C)[Si]1(C)O[Si](C)(C(C)OC(C)(C)C)O[Si](C)(C(C)OC(C)(C)C)O[Si](C)(C(C)OC(C)(C)C)O1. The Kier molecular flexibility index (Phi) is 12.1. The largest absolute Gasteiger partial charge is 0.413 e. The van der Waals surface area contributed by atoms with Gasteiger partial charge in [-0.2, -0.15) is 0 Å². The van der Waals surface area contributed by atoms with Crippen LogP contribution in [0.4, 0.5) is 0 Å². The van der Waals surface area contributed by atoms with Crippen molar-refractivity contribution >= 4 is 34.2 Å². The Bertz CT molecular complexity index is 684. The second kappa shape index (κ2) is 12.5. The lowest BCUT2D eigenvalue weighted by atomic mass is 10.2. The fourth-order valence-corrected chi connectivity index (χ4v) is 27.5. The molecule has 1 saturated heterocycles. The smallest absolute Gasteiger partial charge is 0.347 e. The molecule has 0 N–H and O–H groups in total. The van der Waals surface area contributed by atoms with Gasteiger partial charge in [-0.05, 0) is 137 Å². The topological polar surface area (TPSA) is 73.8 Å². The van der Waals surface area contributed by atoms with Gasteiger partial charge in [-0.15, -0.1) is 0 Å². The number of rotatable bonds is 8. The minimum Gasteiger partial charge on any atom is -0.413 e. The Labute approximate surface area is 251 Å². The van der Waals surface area contributed by atoms with Crippen LogP contribution in [-0.2, 0) is 35.4 Å². The Morgan fingerprint density at radius 3 is 0.575 bits per heavy atom. The molecule has 0 amide bonds. The monoisotopic (exact) mass is 640 g/mol. The van der Waals surface area contributed by atoms with Crippen LogP contribution < -0.4 is 0 Å². The molecule has 12 heteroatoms. The first kappa shape index (κ1) is 38.6. The van der Waals surface area contributed by atoms with Gasteiger partial charge in [0.05, 0.1) is 45.3 Å². The second-order valence-corrected chi connectivity index (χ2v) is 30.6. The van der Waals surface area contributed by atoms with Gasteiger partial charge in [0.25, 0.3) is 0 Å². The minimum absolute atomic E-state index is 0.309. The molecule has 4 atom stereocenters. The molecular formula is C28H64O8Si4. The van der Waals surface area contributed by atoms with Crippen LogP contribution in [0.2, 0.25) is 26.2 Å². The van der Waals surface area contributed by atoms with Gasteiger partial charge in [0.2, 0.25) is 0 Å². The first-order valence-corrected chi connectivity index (χ1v) is 24.4. The zero-order valence-electron chi connectivity index (χ0n) is 29.6. The molecule has 240 valence electrons. The summed E-state index contributed by atoms with van der Waals surface area (Å²) in [6.45, 7) is 41.2. The van der Waals surface area contributed by atoms with E-state index in [0.717, 1.165) is 0 Å². The Hall–Kier alpha value is 0.548. The minimum atomic E-state index is -3.15. The molecule has 1 rings (SSSR count). The van der Waals surface area contributed by atoms with Crippen molar-refractivity contribution in [2.75, 3.05) is 0 Å². The molecule has 1 aliphatic rings. The summed E-state index contributed by atoms with van der Waals surface area (Å²) in [4.78, 5) is 0. The molecule has 0 aliphatic carbocycles. The number of ether oxygens (including phenoxy) is 4. The van der Waals surface area contributed by atoms with Gasteiger partial charge in [0.1, 0.15) is 0 Å². The molecule has 0 radical (unpaired) electrons. The van der Waals surface area contributed by atoms with Gasteiger partial charge in [-0.25, -0.2) is 0 Å². The summed E-state index contributed by atoms with van der Waals surface area (Å²) < 4.78 is 55.3. The molecule has 0 aromatic rings. The maximum Gasteiger partial charge on any atom is 0.347 e. The fraction of sp³-hybridized carbons (Fsp3) is 1.00. The van der Waals surface area contributed by atoms with Crippen LogP contribution in [0.15, 0.2) is 0 Å². The molecule has 0 aromatic heterocycles. The van der Waals surface area contributed by atoms with Crippen LogP contribution in [-0.4, -0.2) is 79.6 Å². The summed E-state index contributed by atoms with van der Waals surface area (Å²) in [6.07, 6.45) is 0. The highest BCUT2D eigenvalue weighted by molar-refractivity contribution is 6.95. The molecule has 0 bridgehead atoms. The van der Waals surface area contributed by atoms with Gasteiger partial charge >= 0.3 is 34.2 Å². The lowest BCUT2D eigenvalue weighted by molar-refractivity contribution is -0.0592. The molecule has 1 heterocycles. The van der Waals surface area contributed by atoms with E-state index >= 15 is 0 Å². The van der Waals surface area contributed by atoms with Crippen LogP contribution in [0.25, 0.3) is 0 Å². The molecule has 0 saturated carbocycles. The lowest BCUT2D eigenvalue weighted by Gasteiger charge is -2.55. The van der Waals surface area contributed by atoms with Gasteiger partial charge in [0.15, 0.2) is 0 Å². The zero-order chi connectivity index (χ0) is 32.0. The maximum absolute atomic E-state index is 7.29. The van der Waals surface area contributed by atoms with E-state index in [1.807, 2.05) is 0 Å². The van der Waals surface area contributed by atoms with Crippen molar-refractivity contribution in [2.45, 2.75) is 182 Å². The van der Waals surface area contributed by atoms with E-state index < -0.39 is 34.2 Å². The Balaban J connectivity index is 3.87. The number of hydrogen-bond acceptors (Lipinski definition) is 8. The van der Waals surface area contributed by atoms with E-state index in [2.05, 4.69) is 137 Å². The third-order valence-electron chi connectivity index (χ3n) is 6.70. The van der Waals surface area contributed by atoms with Crippen LogP contribution in [0, 0.1) is 0 Å². The van der Waals surface area contributed by atoms with Crippen molar-refractivity contribution < 1.29 is 35.4 Å². The Morgan fingerprint density at radius 2 is 0.475 bits per heavy atom. The van der Waals surface area contributed by atoms with Gasteiger partial charge < -0.3 is 35.4 Å². The molecule has 1 aliphatic heterocycles. The van der Waals surface area contributed by atoms with E-state index in [-0.39, 0.29) is 45.3 Å². The molecule has 8 nitrogen and oxygen atoms in total. The van der Waals surface area contributed by atoms with Crippen molar-refractivity contribution in [1.82, 2.24) is 0 Å². The quantitative estimate of drug-likeness (QED) is 0.256. The normalized spacial score (nSPS) is 34.5. The van der Waals surface area contributed by atoms with Gasteiger partial charge in [-0.3, -0.25) is 0 Å². The van der Waals surface area contributed by atoms with Crippen molar-refractivity contribution in [3.8, 4) is 0 Å². The van der Waals surface area contributed by atoms with Crippen molar-refractivity contribution in [1.29, 1.82) is 0 Å². The van der Waals surface area contributed by atoms with E-state index in [4.69, 9.17) is 35.4 Å². The molecule has 0 spiro atoms. The highest BCUT2D eigenvalue weighted by Gasteiger charge is 2.64. The third kappa shape index (κ3) is 11.6. The summed E-state index contributed by atoms with van der Waals surface area (Å²) in [5, 5.41) is 0. The highest BCUT2D eigenvalue weighted by Crippen LogP contribution is 2.40. The van der Waals surface area contributed by atoms with Gasteiger partial charge in [-0.1, -0.05) is 0 Å². The van der Waals surface area contributed by atoms with Crippen LogP contribution in [0.1, 0.15) is 111 Å². The second-order valence-electron chi connectivity index (χ2n) is 16.0. The summed E-state index contributed by atoms with van der Waals surface area (Å²) >= 11 is 0. The van der Waals surface area contributed by atoms with Crippen molar-refractivity contribution in [3.63, 3.8) is 0 Å². The van der Waals surface area contributed by atoms with E-state index in [1.54, 1.807) is 0 Å². The average molecular weight is 641 g/mol. The molecule has 0 aromatic carbocycles. The van der Waals surface area contributed by atoms with E-state index in [9.17, 15) is 0 Å². The van der Waals surface area contributed by atoms with Crippen molar-refractivity contribution in [3.05, 3.63) is 0 Å². The van der Waals surface area contributed by atoms with Crippen LogP contribution in [0.3, 0.4) is 0 Å². The summed E-state index contributed by atoms with van der Waals surface area (Å²) in [6, 6.07) is 0. The summed E-state index contributed by atoms with van der Waals surface area (Å²) in [7, 11) is -12.6. The first-order valence-electron chi connectivity index (χ1n) is 14.9. The van der Waals surface area contributed by atoms with Gasteiger partial charge in [0, 0.05) is 0 Å². The van der Waals surface area contributed by atoms with E-state index in [1.165, 1.54) is 0 Å². The third-order valence-corrected chi connectivity index (χ3v) is 26.0. The van der Waals surface area contributed by atoms with Crippen LogP contribution >= 0.6 is 0 Å². The Morgan fingerprint density at radius 1 is 0.350 bits per heavy atom. The predicted octanol–water partition coefficient (Wildman–Crippen LogP) is 7.33. The molecule has 1 fully saturated rings.